The summed E-state index contributed by atoms with van der Waals surface area (Å²) in [5.41, 5.74) is 0. The first-order chi connectivity index (χ1) is 48.0. The van der Waals surface area contributed by atoms with Crippen LogP contribution in [0, 0.1) is 5.92 Å². The minimum absolute atomic E-state index is 0.101. The lowest BCUT2D eigenvalue weighted by atomic mass is 10.0. The second-order valence-corrected chi connectivity index (χ2v) is 31.5. The van der Waals surface area contributed by atoms with Crippen LogP contribution in [0.2, 0.25) is 0 Å². The molecule has 0 aliphatic heterocycles. The van der Waals surface area contributed by atoms with Gasteiger partial charge in [-0.3, -0.25) is 37.3 Å². The fraction of sp³-hybridized carbons (Fsp3) is 0.900. The van der Waals surface area contributed by atoms with Crippen LogP contribution in [0.1, 0.15) is 401 Å². The van der Waals surface area contributed by atoms with Gasteiger partial charge in [-0.15, -0.1) is 0 Å². The third-order valence-corrected chi connectivity index (χ3v) is 20.1. The van der Waals surface area contributed by atoms with Crippen LogP contribution in [0.3, 0.4) is 0 Å². The fourth-order valence-corrected chi connectivity index (χ4v) is 13.4. The van der Waals surface area contributed by atoms with Gasteiger partial charge in [0.05, 0.1) is 26.4 Å². The first-order valence-corrected chi connectivity index (χ1v) is 43.9. The SMILES string of the molecule is CCCCCC/C=C\C=C/CCCCCCCC(=O)OC[C@H](COP(=O)(O)OC[C@@H](O)COP(=O)(O)OC[C@@H](COC(=O)CCCCCCCCCCCC)OC(=O)CCCCCCCCCCCCCCCCC)OC(=O)CCCCCCCCCCCCCCCCCCC(C)C. The van der Waals surface area contributed by atoms with E-state index in [4.69, 9.17) is 37.0 Å². The summed E-state index contributed by atoms with van der Waals surface area (Å²) in [5, 5.41) is 10.6. The van der Waals surface area contributed by atoms with Crippen molar-refractivity contribution in [1.82, 2.24) is 0 Å². The van der Waals surface area contributed by atoms with E-state index in [0.717, 1.165) is 115 Å². The van der Waals surface area contributed by atoms with Crippen molar-refractivity contribution in [2.45, 2.75) is 419 Å². The van der Waals surface area contributed by atoms with Crippen molar-refractivity contribution in [3.63, 3.8) is 0 Å². The normalized spacial score (nSPS) is 14.0. The molecule has 0 saturated heterocycles. The lowest BCUT2D eigenvalue weighted by Crippen LogP contribution is -2.30. The van der Waals surface area contributed by atoms with Crippen LogP contribution in [0.4, 0.5) is 0 Å². The number of allylic oxidation sites excluding steroid dienone is 4. The molecule has 0 aromatic carbocycles. The van der Waals surface area contributed by atoms with Crippen molar-refractivity contribution in [3.05, 3.63) is 24.3 Å². The smallest absolute Gasteiger partial charge is 0.462 e. The molecule has 17 nitrogen and oxygen atoms in total. The molecule has 5 atom stereocenters. The van der Waals surface area contributed by atoms with E-state index in [-0.39, 0.29) is 25.7 Å². The molecule has 0 aliphatic carbocycles. The third kappa shape index (κ3) is 73.6. The predicted molar refractivity (Wildman–Crippen MR) is 404 cm³/mol. The van der Waals surface area contributed by atoms with Gasteiger partial charge in [0, 0.05) is 25.7 Å². The van der Waals surface area contributed by atoms with E-state index in [9.17, 15) is 43.2 Å². The molecule has 0 saturated carbocycles. The number of ether oxygens (including phenoxy) is 4. The van der Waals surface area contributed by atoms with Crippen LogP contribution >= 0.6 is 15.6 Å². The number of unbranched alkanes of at least 4 members (excludes halogenated alkanes) is 47. The molecule has 0 aliphatic rings. The molecule has 3 N–H and O–H groups in total. The van der Waals surface area contributed by atoms with E-state index >= 15 is 0 Å². The van der Waals surface area contributed by atoms with Crippen LogP contribution in [0.15, 0.2) is 24.3 Å². The number of rotatable bonds is 78. The largest absolute Gasteiger partial charge is 0.472 e. The molecule has 19 heteroatoms. The molecular weight excluding hydrogens is 1290 g/mol. The lowest BCUT2D eigenvalue weighted by molar-refractivity contribution is -0.161. The second-order valence-electron chi connectivity index (χ2n) is 28.6. The molecule has 99 heavy (non-hydrogen) atoms. The van der Waals surface area contributed by atoms with Gasteiger partial charge in [-0.05, 0) is 57.3 Å². The quantitative estimate of drug-likeness (QED) is 0.0169. The molecule has 0 rings (SSSR count). The average molecular weight is 1450 g/mol. The maximum Gasteiger partial charge on any atom is 0.472 e. The Balaban J connectivity index is 5.27. The van der Waals surface area contributed by atoms with Crippen molar-refractivity contribution in [3.8, 4) is 0 Å². The number of carbonyl (C=O) groups excluding carboxylic acids is 4. The van der Waals surface area contributed by atoms with Gasteiger partial charge in [0.1, 0.15) is 19.3 Å². The molecule has 0 heterocycles. The standard InChI is InChI=1S/C80H152O17P2/c1-6-9-12-15-18-21-24-26-30-35-39-44-49-54-59-64-78(83)91-70-76(97-80(85)66-61-56-51-46-41-37-33-29-28-32-34-38-42-47-52-57-62-73(4)5)72-95-99(88,89)93-68-74(81)67-92-98(86,87)94-71-75(69-90-77(82)63-58-53-48-43-23-20-17-14-11-8-3)96-79(84)65-60-55-50-45-40-36-31-27-25-22-19-16-13-10-7-2/h21,24,26,30,73-76,81H,6-20,22-23,25,27-29,31-72H2,1-5H3,(H,86,87)(H,88,89)/b24-21-,30-26-/t74-,75+,76+/m0/s1. The van der Waals surface area contributed by atoms with Gasteiger partial charge in [-0.1, -0.05) is 348 Å². The molecule has 0 aromatic rings. The van der Waals surface area contributed by atoms with Crippen LogP contribution in [0.25, 0.3) is 0 Å². The van der Waals surface area contributed by atoms with Gasteiger partial charge in [-0.2, -0.15) is 0 Å². The second kappa shape index (κ2) is 72.5. The number of esters is 4. The van der Waals surface area contributed by atoms with Crippen LogP contribution in [-0.4, -0.2) is 96.7 Å². The Kier molecular flexibility index (Phi) is 70.7. The van der Waals surface area contributed by atoms with Crippen molar-refractivity contribution in [1.29, 1.82) is 0 Å². The van der Waals surface area contributed by atoms with Gasteiger partial charge in [-0.25, -0.2) is 9.13 Å². The molecule has 584 valence electrons. The monoisotopic (exact) mass is 1450 g/mol. The summed E-state index contributed by atoms with van der Waals surface area (Å²) in [7, 11) is -9.93. The Morgan fingerprint density at radius 1 is 0.313 bits per heavy atom. The number of aliphatic hydroxyl groups excluding tert-OH is 1. The van der Waals surface area contributed by atoms with Gasteiger partial charge < -0.3 is 33.8 Å². The zero-order valence-corrected chi connectivity index (χ0v) is 65.9. The Hall–Kier alpha value is -2.46. The number of hydrogen-bond acceptors (Lipinski definition) is 15. The van der Waals surface area contributed by atoms with E-state index in [1.807, 2.05) is 0 Å². The first kappa shape index (κ1) is 96.5. The van der Waals surface area contributed by atoms with Crippen LogP contribution in [-0.2, 0) is 65.4 Å². The fourth-order valence-electron chi connectivity index (χ4n) is 11.9. The summed E-state index contributed by atoms with van der Waals surface area (Å²) in [6.07, 6.45) is 65.9. The molecule has 0 spiro atoms. The highest BCUT2D eigenvalue weighted by Gasteiger charge is 2.30. The average Bonchev–Trinajstić information content (AvgIpc) is 1.08. The van der Waals surface area contributed by atoms with E-state index in [1.165, 1.54) is 205 Å². The zero-order chi connectivity index (χ0) is 72.7. The molecule has 0 fully saturated rings. The molecular formula is C80H152O17P2. The molecule has 0 amide bonds. The Labute approximate surface area is 605 Å². The van der Waals surface area contributed by atoms with Gasteiger partial charge in [0.25, 0.3) is 0 Å². The van der Waals surface area contributed by atoms with Crippen molar-refractivity contribution >= 4 is 39.5 Å². The highest BCUT2D eigenvalue weighted by atomic mass is 31.2. The Morgan fingerprint density at radius 2 is 0.545 bits per heavy atom. The Bertz CT molecular complexity index is 1990. The highest BCUT2D eigenvalue weighted by molar-refractivity contribution is 7.47. The zero-order valence-electron chi connectivity index (χ0n) is 64.1. The minimum atomic E-state index is -4.97. The maximum atomic E-state index is 13.1. The molecule has 2 unspecified atom stereocenters. The summed E-state index contributed by atoms with van der Waals surface area (Å²) >= 11 is 0. The summed E-state index contributed by atoms with van der Waals surface area (Å²) in [4.78, 5) is 72.9. The number of phosphoric acid groups is 2. The first-order valence-electron chi connectivity index (χ1n) is 41.0. The predicted octanol–water partition coefficient (Wildman–Crippen LogP) is 23.6. The summed E-state index contributed by atoms with van der Waals surface area (Å²) in [5.74, 6) is -1.33. The lowest BCUT2D eigenvalue weighted by Gasteiger charge is -2.21. The van der Waals surface area contributed by atoms with Crippen molar-refractivity contribution in [2.75, 3.05) is 39.6 Å². The van der Waals surface area contributed by atoms with Crippen LogP contribution < -0.4 is 0 Å². The maximum absolute atomic E-state index is 13.1. The number of hydrogen-bond donors (Lipinski definition) is 3. The summed E-state index contributed by atoms with van der Waals surface area (Å²) in [6.45, 7) is 7.28. The topological polar surface area (TPSA) is 237 Å². The van der Waals surface area contributed by atoms with E-state index < -0.39 is 97.5 Å². The third-order valence-electron chi connectivity index (χ3n) is 18.2. The van der Waals surface area contributed by atoms with Gasteiger partial charge >= 0.3 is 39.5 Å². The van der Waals surface area contributed by atoms with Crippen molar-refractivity contribution < 1.29 is 80.2 Å². The van der Waals surface area contributed by atoms with Gasteiger partial charge in [0.15, 0.2) is 12.2 Å². The van der Waals surface area contributed by atoms with E-state index in [1.54, 1.807) is 0 Å². The van der Waals surface area contributed by atoms with Gasteiger partial charge in [0.2, 0.25) is 0 Å². The molecule has 0 aromatic heterocycles. The number of phosphoric ester groups is 2. The van der Waals surface area contributed by atoms with Crippen LogP contribution in [0.5, 0.6) is 0 Å². The van der Waals surface area contributed by atoms with E-state index in [2.05, 4.69) is 58.9 Å². The highest BCUT2D eigenvalue weighted by Crippen LogP contribution is 2.45. The van der Waals surface area contributed by atoms with Crippen molar-refractivity contribution in [2.24, 2.45) is 5.92 Å². The number of carbonyl (C=O) groups is 4. The molecule has 0 bridgehead atoms. The van der Waals surface area contributed by atoms with E-state index in [0.29, 0.717) is 25.7 Å². The summed E-state index contributed by atoms with van der Waals surface area (Å²) in [6, 6.07) is 0. The minimum Gasteiger partial charge on any atom is -0.462 e. The number of aliphatic hydroxyl groups is 1. The summed E-state index contributed by atoms with van der Waals surface area (Å²) < 4.78 is 68.6. The Morgan fingerprint density at radius 3 is 0.828 bits per heavy atom. The molecule has 0 radical (unpaired) electrons.